The summed E-state index contributed by atoms with van der Waals surface area (Å²) in [4.78, 5) is 27.1. The Hall–Kier alpha value is -2.57. The maximum absolute atomic E-state index is 11.6. The first kappa shape index (κ1) is 15.8. The summed E-state index contributed by atoms with van der Waals surface area (Å²) in [5.74, 6) is 0.0209. The molecule has 2 rings (SSSR count). The maximum Gasteiger partial charge on any atom is 0.286 e. The Balaban J connectivity index is 1.48. The van der Waals surface area contributed by atoms with Gasteiger partial charge in [-0.05, 0) is 25.0 Å². The monoisotopic (exact) mass is 304 g/mol. The molecule has 22 heavy (non-hydrogen) atoms. The minimum atomic E-state index is -0.259. The van der Waals surface area contributed by atoms with E-state index in [1.807, 2.05) is 10.8 Å². The zero-order valence-corrected chi connectivity index (χ0v) is 12.3. The van der Waals surface area contributed by atoms with Gasteiger partial charge in [0.25, 0.3) is 5.91 Å². The molecular formula is C15H20N4O3. The van der Waals surface area contributed by atoms with Gasteiger partial charge in [-0.3, -0.25) is 9.59 Å². The van der Waals surface area contributed by atoms with Gasteiger partial charge in [0.1, 0.15) is 0 Å². The first-order chi connectivity index (χ1) is 10.8. The molecule has 0 spiro atoms. The van der Waals surface area contributed by atoms with Crippen molar-refractivity contribution in [3.63, 3.8) is 0 Å². The summed E-state index contributed by atoms with van der Waals surface area (Å²) in [6.45, 7) is 1.91. The lowest BCUT2D eigenvalue weighted by molar-refractivity contribution is -0.121. The molecule has 2 aromatic rings. The molecule has 7 nitrogen and oxygen atoms in total. The van der Waals surface area contributed by atoms with Crippen molar-refractivity contribution in [1.29, 1.82) is 0 Å². The Morgan fingerprint density at radius 1 is 1.23 bits per heavy atom. The van der Waals surface area contributed by atoms with E-state index in [0.29, 0.717) is 25.9 Å². The smallest absolute Gasteiger partial charge is 0.286 e. The standard InChI is InChI=1S/C15H20N4O3/c20-14(17-7-3-9-19-10-8-16-12-19)5-1-6-18-15(21)13-4-2-11-22-13/h2,4,8,10-12H,1,3,5-7,9H2,(H,17,20)(H,18,21). The van der Waals surface area contributed by atoms with Crippen LogP contribution >= 0.6 is 0 Å². The molecule has 2 heterocycles. The normalized spacial score (nSPS) is 10.4. The van der Waals surface area contributed by atoms with Crippen LogP contribution in [-0.4, -0.2) is 34.5 Å². The molecule has 0 aliphatic rings. The zero-order valence-electron chi connectivity index (χ0n) is 12.3. The summed E-state index contributed by atoms with van der Waals surface area (Å²) < 4.78 is 6.94. The predicted molar refractivity (Wildman–Crippen MR) is 80.1 cm³/mol. The van der Waals surface area contributed by atoms with E-state index in [9.17, 15) is 9.59 Å². The minimum absolute atomic E-state index is 0.00196. The van der Waals surface area contributed by atoms with Crippen LogP contribution in [0, 0.1) is 0 Å². The van der Waals surface area contributed by atoms with Gasteiger partial charge < -0.3 is 19.6 Å². The highest BCUT2D eigenvalue weighted by Gasteiger charge is 2.07. The highest BCUT2D eigenvalue weighted by molar-refractivity contribution is 5.91. The second-order valence-corrected chi connectivity index (χ2v) is 4.84. The highest BCUT2D eigenvalue weighted by atomic mass is 16.3. The third-order valence-corrected chi connectivity index (χ3v) is 3.09. The fourth-order valence-corrected chi connectivity index (χ4v) is 1.94. The topological polar surface area (TPSA) is 89.2 Å². The van der Waals surface area contributed by atoms with Crippen molar-refractivity contribution in [3.05, 3.63) is 42.9 Å². The molecule has 2 amide bonds. The Morgan fingerprint density at radius 2 is 2.09 bits per heavy atom. The number of aryl methyl sites for hydroxylation is 1. The third kappa shape index (κ3) is 5.43. The van der Waals surface area contributed by atoms with Gasteiger partial charge in [0, 0.05) is 38.4 Å². The molecule has 0 unspecified atom stereocenters. The van der Waals surface area contributed by atoms with Gasteiger partial charge in [-0.25, -0.2) is 4.98 Å². The van der Waals surface area contributed by atoms with E-state index in [0.717, 1.165) is 13.0 Å². The van der Waals surface area contributed by atoms with Crippen LogP contribution in [0.3, 0.4) is 0 Å². The number of nitrogens with one attached hydrogen (secondary N) is 2. The Kier molecular flexibility index (Phi) is 6.22. The van der Waals surface area contributed by atoms with Gasteiger partial charge in [-0.1, -0.05) is 0 Å². The van der Waals surface area contributed by atoms with Crippen LogP contribution in [0.15, 0.2) is 41.5 Å². The number of hydrogen-bond acceptors (Lipinski definition) is 4. The van der Waals surface area contributed by atoms with Gasteiger partial charge in [-0.15, -0.1) is 0 Å². The lowest BCUT2D eigenvalue weighted by atomic mass is 10.3. The van der Waals surface area contributed by atoms with Crippen LogP contribution < -0.4 is 10.6 Å². The minimum Gasteiger partial charge on any atom is -0.459 e. The number of furan rings is 1. The van der Waals surface area contributed by atoms with Crippen molar-refractivity contribution in [3.8, 4) is 0 Å². The van der Waals surface area contributed by atoms with Crippen LogP contribution in [0.2, 0.25) is 0 Å². The van der Waals surface area contributed by atoms with Crippen molar-refractivity contribution in [2.24, 2.45) is 0 Å². The molecule has 2 N–H and O–H groups in total. The molecule has 0 radical (unpaired) electrons. The summed E-state index contributed by atoms with van der Waals surface area (Å²) in [5, 5.41) is 5.56. The number of aromatic nitrogens is 2. The zero-order chi connectivity index (χ0) is 15.6. The van der Waals surface area contributed by atoms with Crippen molar-refractivity contribution in [2.75, 3.05) is 13.1 Å². The number of carbonyl (C=O) groups is 2. The van der Waals surface area contributed by atoms with E-state index in [-0.39, 0.29) is 17.6 Å². The number of nitrogens with zero attached hydrogens (tertiary/aromatic N) is 2. The molecule has 0 saturated carbocycles. The third-order valence-electron chi connectivity index (χ3n) is 3.09. The summed E-state index contributed by atoms with van der Waals surface area (Å²) >= 11 is 0. The first-order valence-electron chi connectivity index (χ1n) is 7.30. The van der Waals surface area contributed by atoms with Gasteiger partial charge in [0.05, 0.1) is 12.6 Å². The van der Waals surface area contributed by atoms with Crippen molar-refractivity contribution in [2.45, 2.75) is 25.8 Å². The van der Waals surface area contributed by atoms with E-state index in [1.165, 1.54) is 6.26 Å². The molecule has 2 aromatic heterocycles. The van der Waals surface area contributed by atoms with Crippen LogP contribution in [-0.2, 0) is 11.3 Å². The number of amides is 2. The van der Waals surface area contributed by atoms with E-state index in [1.54, 1.807) is 24.7 Å². The Bertz CT molecular complexity index is 564. The number of hydrogen-bond donors (Lipinski definition) is 2. The number of rotatable bonds is 9. The lowest BCUT2D eigenvalue weighted by Crippen LogP contribution is -2.28. The quantitative estimate of drug-likeness (QED) is 0.681. The average molecular weight is 304 g/mol. The van der Waals surface area contributed by atoms with Crippen molar-refractivity contribution < 1.29 is 14.0 Å². The molecule has 0 aromatic carbocycles. The summed E-state index contributed by atoms with van der Waals surface area (Å²) in [7, 11) is 0. The second-order valence-electron chi connectivity index (χ2n) is 4.84. The molecule has 118 valence electrons. The molecule has 0 atom stereocenters. The van der Waals surface area contributed by atoms with Gasteiger partial charge >= 0.3 is 0 Å². The number of imidazole rings is 1. The van der Waals surface area contributed by atoms with Crippen LogP contribution in [0.5, 0.6) is 0 Å². The Labute approximate surface area is 128 Å². The van der Waals surface area contributed by atoms with Gasteiger partial charge in [0.2, 0.25) is 5.91 Å². The first-order valence-corrected chi connectivity index (χ1v) is 7.30. The van der Waals surface area contributed by atoms with E-state index in [4.69, 9.17) is 4.42 Å². The van der Waals surface area contributed by atoms with Crippen LogP contribution in [0.1, 0.15) is 29.8 Å². The van der Waals surface area contributed by atoms with Crippen molar-refractivity contribution >= 4 is 11.8 Å². The predicted octanol–water partition coefficient (Wildman–Crippen LogP) is 1.19. The fourth-order valence-electron chi connectivity index (χ4n) is 1.94. The molecule has 7 heteroatoms. The summed E-state index contributed by atoms with van der Waals surface area (Å²) in [6, 6.07) is 3.26. The number of carbonyl (C=O) groups excluding carboxylic acids is 2. The van der Waals surface area contributed by atoms with E-state index >= 15 is 0 Å². The molecule has 0 aliphatic carbocycles. The molecule has 0 bridgehead atoms. The lowest BCUT2D eigenvalue weighted by Gasteiger charge is -2.06. The summed E-state index contributed by atoms with van der Waals surface area (Å²) in [5.41, 5.74) is 0. The van der Waals surface area contributed by atoms with Gasteiger partial charge in [-0.2, -0.15) is 0 Å². The fraction of sp³-hybridized carbons (Fsp3) is 0.400. The van der Waals surface area contributed by atoms with Gasteiger partial charge in [0.15, 0.2) is 5.76 Å². The molecular weight excluding hydrogens is 284 g/mol. The molecule has 0 aliphatic heterocycles. The van der Waals surface area contributed by atoms with Crippen LogP contribution in [0.4, 0.5) is 0 Å². The van der Waals surface area contributed by atoms with E-state index in [2.05, 4.69) is 15.6 Å². The average Bonchev–Trinajstić information content (AvgIpc) is 3.21. The van der Waals surface area contributed by atoms with Crippen LogP contribution in [0.25, 0.3) is 0 Å². The van der Waals surface area contributed by atoms with E-state index < -0.39 is 0 Å². The van der Waals surface area contributed by atoms with Crippen molar-refractivity contribution in [1.82, 2.24) is 20.2 Å². The summed E-state index contributed by atoms with van der Waals surface area (Å²) in [6.07, 6.45) is 8.68. The SMILES string of the molecule is O=C(CCCNC(=O)c1ccco1)NCCCn1ccnc1. The highest BCUT2D eigenvalue weighted by Crippen LogP contribution is 1.99. The molecule has 0 saturated heterocycles. The largest absolute Gasteiger partial charge is 0.459 e. The molecule has 0 fully saturated rings. The Morgan fingerprint density at radius 3 is 2.82 bits per heavy atom. The second kappa shape index (κ2) is 8.66. The maximum atomic E-state index is 11.6.